The summed E-state index contributed by atoms with van der Waals surface area (Å²) in [6.07, 6.45) is 0. The number of aryl methyl sites for hydroxylation is 1. The Morgan fingerprint density at radius 2 is 2.15 bits per heavy atom. The number of methoxy groups -OCH3 is 1. The van der Waals surface area contributed by atoms with Gasteiger partial charge in [-0.05, 0) is 23.9 Å². The Morgan fingerprint density at radius 3 is 2.70 bits per heavy atom. The molecule has 0 aliphatic carbocycles. The molecular weight excluding hydrogens is 294 g/mol. The number of halogens is 1. The number of thiophene rings is 1. The van der Waals surface area contributed by atoms with E-state index in [2.05, 4.69) is 0 Å². The number of nitriles is 1. The highest BCUT2D eigenvalue weighted by Crippen LogP contribution is 2.34. The molecule has 1 heterocycles. The van der Waals surface area contributed by atoms with Gasteiger partial charge in [0.05, 0.1) is 23.1 Å². The maximum Gasteiger partial charge on any atom is 0.196 e. The maximum absolute atomic E-state index is 12.5. The first-order valence-corrected chi connectivity index (χ1v) is 7.16. The van der Waals surface area contributed by atoms with Gasteiger partial charge in [-0.2, -0.15) is 5.26 Å². The molecule has 0 amide bonds. The summed E-state index contributed by atoms with van der Waals surface area (Å²) >= 11 is 7.38. The van der Waals surface area contributed by atoms with E-state index in [4.69, 9.17) is 16.3 Å². The quantitative estimate of drug-likeness (QED) is 0.795. The average Bonchev–Trinajstić information content (AvgIpc) is 2.80. The average molecular weight is 306 g/mol. The van der Waals surface area contributed by atoms with Crippen molar-refractivity contribution in [1.29, 1.82) is 5.26 Å². The normalized spacial score (nSPS) is 11.7. The molecular formula is C15H12ClNO2S. The number of Topliss-reactive ketones (excluding diaryl/α,β-unsaturated/α-hetero) is 1. The van der Waals surface area contributed by atoms with Crippen LogP contribution in [0.1, 0.15) is 26.7 Å². The first kappa shape index (κ1) is 14.6. The number of benzene rings is 1. The highest BCUT2D eigenvalue weighted by molar-refractivity contribution is 7.13. The Kier molecular flexibility index (Phi) is 4.43. The highest BCUT2D eigenvalue weighted by Gasteiger charge is 2.27. The number of hydrogen-bond donors (Lipinski definition) is 0. The predicted octanol–water partition coefficient (Wildman–Crippen LogP) is 4.21. The molecule has 0 spiro atoms. The molecule has 20 heavy (non-hydrogen) atoms. The van der Waals surface area contributed by atoms with Gasteiger partial charge in [0.15, 0.2) is 5.78 Å². The summed E-state index contributed by atoms with van der Waals surface area (Å²) in [5.41, 5.74) is 1.40. The van der Waals surface area contributed by atoms with E-state index in [1.807, 2.05) is 18.4 Å². The van der Waals surface area contributed by atoms with Crippen LogP contribution in [0, 0.1) is 18.3 Å². The van der Waals surface area contributed by atoms with E-state index in [0.29, 0.717) is 21.2 Å². The summed E-state index contributed by atoms with van der Waals surface area (Å²) < 4.78 is 5.22. The summed E-state index contributed by atoms with van der Waals surface area (Å²) in [6.45, 7) is 1.83. The Hall–Kier alpha value is -1.83. The van der Waals surface area contributed by atoms with Crippen molar-refractivity contribution in [3.8, 4) is 11.8 Å². The Morgan fingerprint density at radius 1 is 1.45 bits per heavy atom. The van der Waals surface area contributed by atoms with Gasteiger partial charge in [0, 0.05) is 5.56 Å². The number of ketones is 1. The number of carbonyl (C=O) groups is 1. The second-order valence-electron chi connectivity index (χ2n) is 4.23. The molecule has 1 unspecified atom stereocenters. The van der Waals surface area contributed by atoms with E-state index in [-0.39, 0.29) is 5.78 Å². The van der Waals surface area contributed by atoms with Crippen molar-refractivity contribution in [3.63, 3.8) is 0 Å². The van der Waals surface area contributed by atoms with Gasteiger partial charge in [-0.15, -0.1) is 11.3 Å². The molecule has 2 rings (SSSR count). The van der Waals surface area contributed by atoms with Crippen LogP contribution in [-0.4, -0.2) is 12.9 Å². The van der Waals surface area contributed by atoms with Crippen LogP contribution in [0.15, 0.2) is 29.6 Å². The molecule has 1 atom stereocenters. The highest BCUT2D eigenvalue weighted by atomic mass is 35.5. The Bertz CT molecular complexity index is 687. The maximum atomic E-state index is 12.5. The first-order valence-electron chi connectivity index (χ1n) is 5.90. The minimum Gasteiger partial charge on any atom is -0.496 e. The van der Waals surface area contributed by atoms with Crippen molar-refractivity contribution < 1.29 is 9.53 Å². The van der Waals surface area contributed by atoms with Crippen molar-refractivity contribution >= 4 is 28.7 Å². The number of hydrogen-bond acceptors (Lipinski definition) is 4. The lowest BCUT2D eigenvalue weighted by atomic mass is 9.94. The lowest BCUT2D eigenvalue weighted by Crippen LogP contribution is -2.11. The summed E-state index contributed by atoms with van der Waals surface area (Å²) in [7, 11) is 1.51. The topological polar surface area (TPSA) is 50.1 Å². The van der Waals surface area contributed by atoms with Gasteiger partial charge in [-0.1, -0.05) is 29.8 Å². The molecule has 0 radical (unpaired) electrons. The molecule has 0 bridgehead atoms. The van der Waals surface area contributed by atoms with Gasteiger partial charge < -0.3 is 4.74 Å². The molecule has 1 aromatic heterocycles. The van der Waals surface area contributed by atoms with E-state index < -0.39 is 5.92 Å². The molecule has 5 heteroatoms. The van der Waals surface area contributed by atoms with Gasteiger partial charge in [0.25, 0.3) is 0 Å². The second-order valence-corrected chi connectivity index (χ2v) is 5.49. The van der Waals surface area contributed by atoms with Crippen LogP contribution in [-0.2, 0) is 0 Å². The number of ether oxygens (including phenoxy) is 1. The molecule has 0 aliphatic heterocycles. The molecule has 1 aromatic carbocycles. The molecule has 2 aromatic rings. The smallest absolute Gasteiger partial charge is 0.196 e. The molecule has 0 N–H and O–H groups in total. The first-order chi connectivity index (χ1) is 9.60. The third-order valence-corrected chi connectivity index (χ3v) is 4.68. The zero-order valence-electron chi connectivity index (χ0n) is 11.0. The van der Waals surface area contributed by atoms with Crippen LogP contribution >= 0.6 is 22.9 Å². The fourth-order valence-electron chi connectivity index (χ4n) is 1.90. The van der Waals surface area contributed by atoms with Gasteiger partial charge >= 0.3 is 0 Å². The van der Waals surface area contributed by atoms with E-state index in [1.165, 1.54) is 18.4 Å². The minimum absolute atomic E-state index is 0.292. The summed E-state index contributed by atoms with van der Waals surface area (Å²) in [6, 6.07) is 9.07. The third-order valence-electron chi connectivity index (χ3n) is 2.96. The summed E-state index contributed by atoms with van der Waals surface area (Å²) in [5.74, 6) is -0.682. The largest absolute Gasteiger partial charge is 0.496 e. The number of rotatable bonds is 4. The van der Waals surface area contributed by atoms with E-state index in [0.717, 1.165) is 5.56 Å². The van der Waals surface area contributed by atoms with Crippen molar-refractivity contribution in [2.45, 2.75) is 12.8 Å². The van der Waals surface area contributed by atoms with Crippen molar-refractivity contribution in [2.75, 3.05) is 7.11 Å². The second kappa shape index (κ2) is 6.08. The van der Waals surface area contributed by atoms with Gasteiger partial charge in [-0.25, -0.2) is 0 Å². The van der Waals surface area contributed by atoms with E-state index in [1.54, 1.807) is 24.3 Å². The van der Waals surface area contributed by atoms with Crippen LogP contribution in [0.25, 0.3) is 0 Å². The summed E-state index contributed by atoms with van der Waals surface area (Å²) in [5, 5.41) is 11.6. The zero-order chi connectivity index (χ0) is 14.7. The van der Waals surface area contributed by atoms with Gasteiger partial charge in [0.2, 0.25) is 0 Å². The fourth-order valence-corrected chi connectivity index (χ4v) is 3.16. The zero-order valence-corrected chi connectivity index (χ0v) is 12.6. The third kappa shape index (κ3) is 2.55. The van der Waals surface area contributed by atoms with E-state index in [9.17, 15) is 10.1 Å². The summed E-state index contributed by atoms with van der Waals surface area (Å²) in [4.78, 5) is 12.9. The SMILES string of the molecule is COc1ccccc1C(C#N)C(=O)c1scc(C)c1Cl. The lowest BCUT2D eigenvalue weighted by Gasteiger charge is -2.12. The van der Waals surface area contributed by atoms with Crippen molar-refractivity contribution in [3.05, 3.63) is 50.7 Å². The van der Waals surface area contributed by atoms with Gasteiger partial charge in [0.1, 0.15) is 11.7 Å². The van der Waals surface area contributed by atoms with E-state index >= 15 is 0 Å². The van der Waals surface area contributed by atoms with Crippen molar-refractivity contribution in [2.24, 2.45) is 0 Å². The molecule has 0 saturated carbocycles. The molecule has 102 valence electrons. The minimum atomic E-state index is -0.915. The lowest BCUT2D eigenvalue weighted by molar-refractivity contribution is 0.0982. The van der Waals surface area contributed by atoms with Crippen LogP contribution in [0.5, 0.6) is 5.75 Å². The standard InChI is InChI=1S/C15H12ClNO2S/c1-9-8-20-15(13(9)16)14(18)11(7-17)10-5-3-4-6-12(10)19-2/h3-6,8,11H,1-2H3. The van der Waals surface area contributed by atoms with Crippen LogP contribution < -0.4 is 4.74 Å². The number of nitrogens with zero attached hydrogens (tertiary/aromatic N) is 1. The predicted molar refractivity (Wildman–Crippen MR) is 79.7 cm³/mol. The fraction of sp³-hybridized carbons (Fsp3) is 0.200. The van der Waals surface area contributed by atoms with Crippen LogP contribution in [0.4, 0.5) is 0 Å². The van der Waals surface area contributed by atoms with Crippen molar-refractivity contribution in [1.82, 2.24) is 0 Å². The Labute approximate surface area is 126 Å². The van der Waals surface area contributed by atoms with Crippen LogP contribution in [0.2, 0.25) is 5.02 Å². The number of carbonyl (C=O) groups excluding carboxylic acids is 1. The van der Waals surface area contributed by atoms with Crippen LogP contribution in [0.3, 0.4) is 0 Å². The molecule has 3 nitrogen and oxygen atoms in total. The molecule has 0 fully saturated rings. The Balaban J connectivity index is 2.46. The number of para-hydroxylation sites is 1. The monoisotopic (exact) mass is 305 g/mol. The molecule has 0 saturated heterocycles. The molecule has 0 aliphatic rings. The van der Waals surface area contributed by atoms with Gasteiger partial charge in [-0.3, -0.25) is 4.79 Å².